The van der Waals surface area contributed by atoms with E-state index < -0.39 is 0 Å². The fourth-order valence-corrected chi connectivity index (χ4v) is 2.81. The van der Waals surface area contributed by atoms with Gasteiger partial charge < -0.3 is 5.32 Å². The van der Waals surface area contributed by atoms with E-state index in [1.807, 2.05) is 6.92 Å². The Kier molecular flexibility index (Phi) is 3.73. The number of amides is 1. The second-order valence-electron chi connectivity index (χ2n) is 5.49. The first kappa shape index (κ1) is 13.8. The van der Waals surface area contributed by atoms with Crippen LogP contribution in [0.4, 0.5) is 4.39 Å². The van der Waals surface area contributed by atoms with E-state index in [1.54, 1.807) is 23.0 Å². The number of nitrogens with one attached hydrogen (secondary N) is 1. The summed E-state index contributed by atoms with van der Waals surface area (Å²) in [6.45, 7) is 1.85. The molecule has 1 aliphatic rings. The quantitative estimate of drug-likeness (QED) is 0.943. The van der Waals surface area contributed by atoms with Crippen LogP contribution in [0.3, 0.4) is 0 Å². The van der Waals surface area contributed by atoms with Gasteiger partial charge in [0.1, 0.15) is 5.82 Å². The van der Waals surface area contributed by atoms with Crippen molar-refractivity contribution < 1.29 is 9.18 Å². The Hall–Kier alpha value is -2.17. The summed E-state index contributed by atoms with van der Waals surface area (Å²) in [6.07, 6.45) is 6.04. The first-order valence-corrected chi connectivity index (χ1v) is 7.26. The smallest absolute Gasteiger partial charge is 0.254 e. The zero-order valence-corrected chi connectivity index (χ0v) is 12.0. The SMILES string of the molecule is Cc1c(C(=O)NC2CCCC2)cnn1-c1ccc(F)cc1. The van der Waals surface area contributed by atoms with E-state index in [0.717, 1.165) is 24.2 Å². The molecule has 0 aliphatic heterocycles. The van der Waals surface area contributed by atoms with Crippen LogP contribution in [0.1, 0.15) is 41.7 Å². The van der Waals surface area contributed by atoms with Gasteiger partial charge in [-0.2, -0.15) is 5.10 Å². The van der Waals surface area contributed by atoms with Crippen molar-refractivity contribution in [2.45, 2.75) is 38.6 Å². The molecule has 1 aliphatic carbocycles. The largest absolute Gasteiger partial charge is 0.349 e. The average molecular weight is 287 g/mol. The van der Waals surface area contributed by atoms with E-state index >= 15 is 0 Å². The molecule has 0 bridgehead atoms. The zero-order chi connectivity index (χ0) is 14.8. The summed E-state index contributed by atoms with van der Waals surface area (Å²) in [4.78, 5) is 12.3. The first-order valence-electron chi connectivity index (χ1n) is 7.26. The molecular weight excluding hydrogens is 269 g/mol. The Morgan fingerprint density at radius 1 is 1.29 bits per heavy atom. The zero-order valence-electron chi connectivity index (χ0n) is 12.0. The van der Waals surface area contributed by atoms with Gasteiger partial charge in [0.05, 0.1) is 23.1 Å². The van der Waals surface area contributed by atoms with E-state index in [1.165, 1.54) is 25.0 Å². The number of nitrogens with zero attached hydrogens (tertiary/aromatic N) is 2. The van der Waals surface area contributed by atoms with Crippen molar-refractivity contribution >= 4 is 5.91 Å². The number of hydrogen-bond acceptors (Lipinski definition) is 2. The van der Waals surface area contributed by atoms with Gasteiger partial charge in [-0.1, -0.05) is 12.8 Å². The highest BCUT2D eigenvalue weighted by Crippen LogP contribution is 2.19. The molecule has 0 radical (unpaired) electrons. The summed E-state index contributed by atoms with van der Waals surface area (Å²) in [7, 11) is 0. The topological polar surface area (TPSA) is 46.9 Å². The van der Waals surface area contributed by atoms with Gasteiger partial charge >= 0.3 is 0 Å². The van der Waals surface area contributed by atoms with Crippen LogP contribution in [0.2, 0.25) is 0 Å². The summed E-state index contributed by atoms with van der Waals surface area (Å²) < 4.78 is 14.6. The van der Waals surface area contributed by atoms with Crippen LogP contribution in [0, 0.1) is 12.7 Å². The fraction of sp³-hybridized carbons (Fsp3) is 0.375. The monoisotopic (exact) mass is 287 g/mol. The van der Waals surface area contributed by atoms with Crippen molar-refractivity contribution in [3.05, 3.63) is 47.5 Å². The van der Waals surface area contributed by atoms with Crippen molar-refractivity contribution in [3.8, 4) is 5.69 Å². The number of carbonyl (C=O) groups is 1. The summed E-state index contributed by atoms with van der Waals surface area (Å²) in [6, 6.07) is 6.34. The Labute approximate surface area is 123 Å². The summed E-state index contributed by atoms with van der Waals surface area (Å²) in [5.74, 6) is -0.365. The third-order valence-electron chi connectivity index (χ3n) is 4.02. The molecule has 5 heteroatoms. The van der Waals surface area contributed by atoms with E-state index in [0.29, 0.717) is 5.56 Å². The van der Waals surface area contributed by atoms with Crippen molar-refractivity contribution in [1.29, 1.82) is 0 Å². The second-order valence-corrected chi connectivity index (χ2v) is 5.49. The maximum atomic E-state index is 13.0. The minimum absolute atomic E-state index is 0.0761. The van der Waals surface area contributed by atoms with Crippen LogP contribution in [0.5, 0.6) is 0 Å². The van der Waals surface area contributed by atoms with Gasteiger partial charge in [0.2, 0.25) is 0 Å². The molecular formula is C16H18FN3O. The minimum Gasteiger partial charge on any atom is -0.349 e. The lowest BCUT2D eigenvalue weighted by Gasteiger charge is -2.11. The Morgan fingerprint density at radius 3 is 2.62 bits per heavy atom. The van der Waals surface area contributed by atoms with Crippen molar-refractivity contribution in [2.24, 2.45) is 0 Å². The molecule has 0 unspecified atom stereocenters. The van der Waals surface area contributed by atoms with Gasteiger partial charge in [-0.3, -0.25) is 4.79 Å². The van der Waals surface area contributed by atoms with Gasteiger partial charge in [0, 0.05) is 6.04 Å². The van der Waals surface area contributed by atoms with Crippen molar-refractivity contribution in [2.75, 3.05) is 0 Å². The number of benzene rings is 1. The van der Waals surface area contributed by atoms with E-state index in [-0.39, 0.29) is 17.8 Å². The molecule has 110 valence electrons. The Balaban J connectivity index is 1.81. The maximum Gasteiger partial charge on any atom is 0.254 e. The van der Waals surface area contributed by atoms with Gasteiger partial charge in [0.15, 0.2) is 0 Å². The van der Waals surface area contributed by atoms with Crippen LogP contribution < -0.4 is 5.32 Å². The predicted molar refractivity (Wildman–Crippen MR) is 78.0 cm³/mol. The second kappa shape index (κ2) is 5.68. The highest BCUT2D eigenvalue weighted by Gasteiger charge is 2.21. The number of halogens is 1. The number of hydrogen-bond donors (Lipinski definition) is 1. The minimum atomic E-state index is -0.289. The molecule has 21 heavy (non-hydrogen) atoms. The van der Waals surface area contributed by atoms with E-state index in [9.17, 15) is 9.18 Å². The normalized spacial score (nSPS) is 15.3. The van der Waals surface area contributed by atoms with Crippen LogP contribution in [-0.2, 0) is 0 Å². The Morgan fingerprint density at radius 2 is 1.95 bits per heavy atom. The molecule has 1 aromatic heterocycles. The highest BCUT2D eigenvalue weighted by atomic mass is 19.1. The van der Waals surface area contributed by atoms with Gasteiger partial charge in [-0.25, -0.2) is 9.07 Å². The van der Waals surface area contributed by atoms with E-state index in [4.69, 9.17) is 0 Å². The standard InChI is InChI=1S/C16H18FN3O/c1-11-15(16(21)19-13-4-2-3-5-13)10-18-20(11)14-8-6-12(17)7-9-14/h6-10,13H,2-5H2,1H3,(H,19,21). The molecule has 4 nitrogen and oxygen atoms in total. The molecule has 1 N–H and O–H groups in total. The molecule has 1 saturated carbocycles. The molecule has 2 aromatic rings. The number of aromatic nitrogens is 2. The van der Waals surface area contributed by atoms with Crippen molar-refractivity contribution in [1.82, 2.24) is 15.1 Å². The lowest BCUT2D eigenvalue weighted by atomic mass is 10.2. The molecule has 3 rings (SSSR count). The maximum absolute atomic E-state index is 13.0. The highest BCUT2D eigenvalue weighted by molar-refractivity contribution is 5.95. The van der Waals surface area contributed by atoms with Crippen LogP contribution >= 0.6 is 0 Å². The molecule has 0 atom stereocenters. The third kappa shape index (κ3) is 2.82. The van der Waals surface area contributed by atoms with Gasteiger partial charge in [-0.15, -0.1) is 0 Å². The van der Waals surface area contributed by atoms with Crippen LogP contribution in [0.15, 0.2) is 30.5 Å². The van der Waals surface area contributed by atoms with E-state index in [2.05, 4.69) is 10.4 Å². The number of rotatable bonds is 3. The summed E-state index contributed by atoms with van der Waals surface area (Å²) in [5.41, 5.74) is 2.08. The molecule has 1 heterocycles. The average Bonchev–Trinajstić information content (AvgIpc) is 3.09. The summed E-state index contributed by atoms with van der Waals surface area (Å²) in [5, 5.41) is 7.30. The molecule has 0 saturated heterocycles. The fourth-order valence-electron chi connectivity index (χ4n) is 2.81. The van der Waals surface area contributed by atoms with Gasteiger partial charge in [-0.05, 0) is 44.0 Å². The van der Waals surface area contributed by atoms with Crippen LogP contribution in [-0.4, -0.2) is 21.7 Å². The Bertz CT molecular complexity index is 642. The molecule has 1 fully saturated rings. The molecule has 1 amide bonds. The third-order valence-corrected chi connectivity index (χ3v) is 4.02. The van der Waals surface area contributed by atoms with Gasteiger partial charge in [0.25, 0.3) is 5.91 Å². The molecule has 1 aromatic carbocycles. The molecule has 0 spiro atoms. The lowest BCUT2D eigenvalue weighted by Crippen LogP contribution is -2.32. The summed E-state index contributed by atoms with van der Waals surface area (Å²) >= 11 is 0. The van der Waals surface area contributed by atoms with Crippen molar-refractivity contribution in [3.63, 3.8) is 0 Å². The predicted octanol–water partition coefficient (Wildman–Crippen LogP) is 2.99. The first-order chi connectivity index (χ1) is 10.1. The lowest BCUT2D eigenvalue weighted by molar-refractivity contribution is 0.0937. The van der Waals surface area contributed by atoms with Crippen LogP contribution in [0.25, 0.3) is 5.69 Å². The number of carbonyl (C=O) groups excluding carboxylic acids is 1.